The van der Waals surface area contributed by atoms with E-state index < -0.39 is 23.7 Å². The normalized spacial score (nSPS) is 15.7. The summed E-state index contributed by atoms with van der Waals surface area (Å²) < 4.78 is 41.3. The van der Waals surface area contributed by atoms with Gasteiger partial charge in [0.05, 0.1) is 17.5 Å². The number of carbonyl (C=O) groups is 2. The largest absolute Gasteiger partial charge is 0.416 e. The second-order valence-electron chi connectivity index (χ2n) is 3.31. The summed E-state index contributed by atoms with van der Waals surface area (Å²) in [5, 5.41) is 0. The molecular weight excluding hydrogens is 225 g/mol. The molecule has 0 amide bonds. The first-order valence-corrected chi connectivity index (χ1v) is 4.33. The zero-order chi connectivity index (χ0) is 11.9. The molecule has 0 bridgehead atoms. The number of cyclic esters (lactones) is 2. The standard InChI is InChI=1S/C10H5F3O3/c11-10(12,13)6-2-1-5-3-8(14)16-9(15)7(5)4-6/h1-2,4H,3H2. The first kappa shape index (κ1) is 10.7. The van der Waals surface area contributed by atoms with Crippen molar-refractivity contribution < 1.29 is 27.5 Å². The molecule has 1 aliphatic heterocycles. The fraction of sp³-hybridized carbons (Fsp3) is 0.200. The molecule has 1 heterocycles. The third-order valence-electron chi connectivity index (χ3n) is 2.20. The molecule has 0 aliphatic carbocycles. The van der Waals surface area contributed by atoms with Crippen molar-refractivity contribution in [2.45, 2.75) is 12.6 Å². The molecule has 0 saturated heterocycles. The van der Waals surface area contributed by atoms with Crippen molar-refractivity contribution in [1.29, 1.82) is 0 Å². The highest BCUT2D eigenvalue weighted by Crippen LogP contribution is 2.31. The highest BCUT2D eigenvalue weighted by molar-refractivity contribution is 6.02. The molecule has 0 radical (unpaired) electrons. The zero-order valence-corrected chi connectivity index (χ0v) is 7.80. The number of ether oxygens (including phenoxy) is 1. The van der Waals surface area contributed by atoms with Crippen molar-refractivity contribution in [2.24, 2.45) is 0 Å². The first-order valence-electron chi connectivity index (χ1n) is 4.33. The fourth-order valence-corrected chi connectivity index (χ4v) is 1.45. The average Bonchev–Trinajstić information content (AvgIpc) is 2.15. The summed E-state index contributed by atoms with van der Waals surface area (Å²) in [6.45, 7) is 0. The summed E-state index contributed by atoms with van der Waals surface area (Å²) in [6, 6.07) is 2.66. The van der Waals surface area contributed by atoms with Gasteiger partial charge in [-0.1, -0.05) is 6.07 Å². The van der Waals surface area contributed by atoms with Gasteiger partial charge in [-0.15, -0.1) is 0 Å². The highest BCUT2D eigenvalue weighted by atomic mass is 19.4. The third-order valence-corrected chi connectivity index (χ3v) is 2.20. The molecule has 0 N–H and O–H groups in total. The zero-order valence-electron chi connectivity index (χ0n) is 7.80. The highest BCUT2D eigenvalue weighted by Gasteiger charge is 2.33. The van der Waals surface area contributed by atoms with E-state index in [9.17, 15) is 22.8 Å². The molecular formula is C10H5F3O3. The second-order valence-corrected chi connectivity index (χ2v) is 3.31. The fourth-order valence-electron chi connectivity index (χ4n) is 1.45. The van der Waals surface area contributed by atoms with Gasteiger partial charge >= 0.3 is 18.1 Å². The minimum atomic E-state index is -4.52. The van der Waals surface area contributed by atoms with E-state index in [1.165, 1.54) is 0 Å². The van der Waals surface area contributed by atoms with Gasteiger partial charge in [0.2, 0.25) is 0 Å². The molecule has 0 unspecified atom stereocenters. The van der Waals surface area contributed by atoms with Crippen LogP contribution in [0.1, 0.15) is 21.5 Å². The molecule has 0 fully saturated rings. The molecule has 2 rings (SSSR count). The van der Waals surface area contributed by atoms with Crippen molar-refractivity contribution in [3.05, 3.63) is 34.9 Å². The molecule has 0 atom stereocenters. The molecule has 6 heteroatoms. The van der Waals surface area contributed by atoms with Crippen LogP contribution in [0.5, 0.6) is 0 Å². The Hall–Kier alpha value is -1.85. The Balaban J connectivity index is 2.51. The lowest BCUT2D eigenvalue weighted by molar-refractivity contribution is -0.137. The molecule has 16 heavy (non-hydrogen) atoms. The molecule has 0 saturated carbocycles. The van der Waals surface area contributed by atoms with Crippen molar-refractivity contribution in [1.82, 2.24) is 0 Å². The number of alkyl halides is 3. The van der Waals surface area contributed by atoms with Crippen molar-refractivity contribution in [3.8, 4) is 0 Å². The van der Waals surface area contributed by atoms with Crippen LogP contribution in [-0.2, 0) is 22.1 Å². The lowest BCUT2D eigenvalue weighted by Crippen LogP contribution is -2.23. The Bertz CT molecular complexity index is 477. The first-order chi connectivity index (χ1) is 7.38. The van der Waals surface area contributed by atoms with Gasteiger partial charge in [0.1, 0.15) is 0 Å². The molecule has 3 nitrogen and oxygen atoms in total. The van der Waals surface area contributed by atoms with Crippen LogP contribution >= 0.6 is 0 Å². The van der Waals surface area contributed by atoms with Gasteiger partial charge in [0.15, 0.2) is 0 Å². The number of rotatable bonds is 0. The second kappa shape index (κ2) is 3.33. The number of carbonyl (C=O) groups excluding carboxylic acids is 2. The molecule has 84 valence electrons. The van der Waals surface area contributed by atoms with Gasteiger partial charge in [-0.2, -0.15) is 13.2 Å². The van der Waals surface area contributed by atoms with Gasteiger partial charge in [0.25, 0.3) is 0 Å². The quantitative estimate of drug-likeness (QED) is 0.505. The third kappa shape index (κ3) is 1.78. The smallest absolute Gasteiger partial charge is 0.389 e. The Morgan fingerprint density at radius 2 is 1.88 bits per heavy atom. The van der Waals surface area contributed by atoms with Gasteiger partial charge in [-0.25, -0.2) is 4.79 Å². The van der Waals surface area contributed by atoms with Crippen LogP contribution in [-0.4, -0.2) is 11.9 Å². The van der Waals surface area contributed by atoms with Crippen LogP contribution in [0.2, 0.25) is 0 Å². The maximum Gasteiger partial charge on any atom is 0.416 e. The Morgan fingerprint density at radius 3 is 2.50 bits per heavy atom. The maximum absolute atomic E-state index is 12.3. The number of hydrogen-bond acceptors (Lipinski definition) is 3. The van der Waals surface area contributed by atoms with Gasteiger partial charge in [-0.05, 0) is 17.7 Å². The lowest BCUT2D eigenvalue weighted by atomic mass is 9.99. The molecule has 0 spiro atoms. The van der Waals surface area contributed by atoms with E-state index in [-0.39, 0.29) is 17.5 Å². The van der Waals surface area contributed by atoms with E-state index in [0.717, 1.165) is 12.1 Å². The minimum Gasteiger partial charge on any atom is -0.389 e. The number of hydrogen-bond donors (Lipinski definition) is 0. The molecule has 1 aromatic rings. The van der Waals surface area contributed by atoms with Crippen LogP contribution in [0.25, 0.3) is 0 Å². The molecule has 1 aliphatic rings. The minimum absolute atomic E-state index is 0.181. The summed E-state index contributed by atoms with van der Waals surface area (Å²) in [4.78, 5) is 22.0. The van der Waals surface area contributed by atoms with Crippen molar-refractivity contribution in [2.75, 3.05) is 0 Å². The van der Waals surface area contributed by atoms with Gasteiger partial charge in [0, 0.05) is 0 Å². The maximum atomic E-state index is 12.3. The van der Waals surface area contributed by atoms with Gasteiger partial charge in [-0.3, -0.25) is 4.79 Å². The summed E-state index contributed by atoms with van der Waals surface area (Å²) >= 11 is 0. The monoisotopic (exact) mass is 230 g/mol. The Kier molecular flexibility index (Phi) is 2.22. The van der Waals surface area contributed by atoms with E-state index >= 15 is 0 Å². The number of halogens is 3. The van der Waals surface area contributed by atoms with Gasteiger partial charge < -0.3 is 4.74 Å². The van der Waals surface area contributed by atoms with E-state index in [2.05, 4.69) is 4.74 Å². The van der Waals surface area contributed by atoms with Crippen molar-refractivity contribution >= 4 is 11.9 Å². The van der Waals surface area contributed by atoms with Crippen LogP contribution in [0.3, 0.4) is 0 Å². The van der Waals surface area contributed by atoms with Crippen LogP contribution in [0, 0.1) is 0 Å². The van der Waals surface area contributed by atoms with E-state index in [1.54, 1.807) is 0 Å². The number of fused-ring (bicyclic) bond motifs is 1. The SMILES string of the molecule is O=C1Cc2ccc(C(F)(F)F)cc2C(=O)O1. The summed E-state index contributed by atoms with van der Waals surface area (Å²) in [7, 11) is 0. The van der Waals surface area contributed by atoms with E-state index in [4.69, 9.17) is 0 Å². The number of esters is 2. The summed E-state index contributed by atoms with van der Waals surface area (Å²) in [5.74, 6) is -1.78. The Labute approximate surface area is 87.8 Å². The van der Waals surface area contributed by atoms with E-state index in [1.807, 2.05) is 0 Å². The molecule has 1 aromatic carbocycles. The summed E-state index contributed by atoms with van der Waals surface area (Å²) in [6.07, 6.45) is -4.70. The average molecular weight is 230 g/mol. The predicted molar refractivity (Wildman–Crippen MR) is 45.6 cm³/mol. The van der Waals surface area contributed by atoms with Crippen molar-refractivity contribution in [3.63, 3.8) is 0 Å². The van der Waals surface area contributed by atoms with Crippen LogP contribution < -0.4 is 0 Å². The molecule has 0 aromatic heterocycles. The summed E-state index contributed by atoms with van der Waals surface area (Å²) in [5.41, 5.74) is -0.874. The topological polar surface area (TPSA) is 43.4 Å². The van der Waals surface area contributed by atoms with Crippen LogP contribution in [0.4, 0.5) is 13.2 Å². The lowest BCUT2D eigenvalue weighted by Gasteiger charge is -2.15. The van der Waals surface area contributed by atoms with Crippen LogP contribution in [0.15, 0.2) is 18.2 Å². The Morgan fingerprint density at radius 1 is 1.19 bits per heavy atom. The van der Waals surface area contributed by atoms with E-state index in [0.29, 0.717) is 6.07 Å². The number of benzene rings is 1. The predicted octanol–water partition coefficient (Wildman–Crippen LogP) is 1.94.